The summed E-state index contributed by atoms with van der Waals surface area (Å²) in [5, 5.41) is 29.9. The summed E-state index contributed by atoms with van der Waals surface area (Å²) in [4.78, 5) is 38.2. The molecule has 0 amide bonds. The van der Waals surface area contributed by atoms with Crippen LogP contribution in [-0.2, 0) is 28.6 Å². The minimum absolute atomic E-state index is 0.145. The first-order valence-corrected chi connectivity index (χ1v) is 28.7. The number of aliphatic hydroxyl groups excluding tert-OH is 3. The van der Waals surface area contributed by atoms with Crippen molar-refractivity contribution in [3.63, 3.8) is 0 Å². The Morgan fingerprint density at radius 1 is 0.361 bits per heavy atom. The van der Waals surface area contributed by atoms with Crippen molar-refractivity contribution >= 4 is 17.9 Å². The molecule has 0 aromatic carbocycles. The molecule has 9 nitrogen and oxygen atoms in total. The highest BCUT2D eigenvalue weighted by atomic mass is 16.6. The molecule has 0 spiro atoms. The lowest BCUT2D eigenvalue weighted by atomic mass is 10.1. The van der Waals surface area contributed by atoms with Crippen LogP contribution in [0.3, 0.4) is 0 Å². The van der Waals surface area contributed by atoms with Crippen molar-refractivity contribution in [3.8, 4) is 0 Å². The maximum atomic E-state index is 12.9. The fourth-order valence-electron chi connectivity index (χ4n) is 7.56. The largest absolute Gasteiger partial charge is 0.462 e. The molecule has 0 heterocycles. The van der Waals surface area contributed by atoms with E-state index >= 15 is 0 Å². The zero-order valence-electron chi connectivity index (χ0n) is 45.7. The molecule has 0 aromatic rings. The number of rotatable bonds is 50. The molecule has 3 unspecified atom stereocenters. The van der Waals surface area contributed by atoms with Gasteiger partial charge in [0.15, 0.2) is 6.10 Å². The molecule has 0 bridgehead atoms. The highest BCUT2D eigenvalue weighted by Crippen LogP contribution is 2.13. The lowest BCUT2D eigenvalue weighted by Gasteiger charge is -2.18. The molecular formula is C63H104O9. The van der Waals surface area contributed by atoms with Crippen molar-refractivity contribution in [1.29, 1.82) is 0 Å². The number of esters is 3. The second kappa shape index (κ2) is 54.7. The molecule has 0 aromatic heterocycles. The van der Waals surface area contributed by atoms with Gasteiger partial charge < -0.3 is 29.5 Å². The van der Waals surface area contributed by atoms with E-state index in [-0.39, 0.29) is 68.7 Å². The summed E-state index contributed by atoms with van der Waals surface area (Å²) >= 11 is 0. The normalized spacial score (nSPS) is 14.2. The zero-order chi connectivity index (χ0) is 52.6. The van der Waals surface area contributed by atoms with Gasteiger partial charge in [-0.2, -0.15) is 0 Å². The van der Waals surface area contributed by atoms with Gasteiger partial charge in [-0.1, -0.05) is 226 Å². The molecule has 0 aliphatic rings. The van der Waals surface area contributed by atoms with E-state index in [9.17, 15) is 29.7 Å². The van der Waals surface area contributed by atoms with Crippen molar-refractivity contribution < 1.29 is 43.9 Å². The summed E-state index contributed by atoms with van der Waals surface area (Å²) in [5.41, 5.74) is 0. The number of unbranched alkanes of at least 4 members (excludes halogenated alkanes) is 18. The van der Waals surface area contributed by atoms with E-state index in [4.69, 9.17) is 14.2 Å². The second-order valence-electron chi connectivity index (χ2n) is 19.1. The first-order chi connectivity index (χ1) is 35.2. The fraction of sp³-hybridized carbons (Fsp3) is 0.667. The van der Waals surface area contributed by atoms with Gasteiger partial charge in [0.05, 0.1) is 18.3 Å². The van der Waals surface area contributed by atoms with Crippen molar-refractivity contribution in [2.75, 3.05) is 13.2 Å². The Morgan fingerprint density at radius 3 is 1.01 bits per heavy atom. The van der Waals surface area contributed by atoms with Crippen molar-refractivity contribution in [2.45, 2.75) is 257 Å². The quantitative estimate of drug-likeness (QED) is 0.0179. The van der Waals surface area contributed by atoms with Crippen LogP contribution in [0.2, 0.25) is 0 Å². The number of aliphatic hydroxyl groups is 3. The predicted molar refractivity (Wildman–Crippen MR) is 301 cm³/mol. The van der Waals surface area contributed by atoms with Crippen LogP contribution in [0.25, 0.3) is 0 Å². The number of hydrogen-bond acceptors (Lipinski definition) is 9. The monoisotopic (exact) mass is 1000 g/mol. The van der Waals surface area contributed by atoms with Gasteiger partial charge in [-0.25, -0.2) is 0 Å². The third kappa shape index (κ3) is 52.3. The molecule has 0 fully saturated rings. The molecular weight excluding hydrogens is 901 g/mol. The fourth-order valence-corrected chi connectivity index (χ4v) is 7.56. The standard InChI is InChI=1S/C63H104O9/c1-4-7-37-46-57(64)49-40-31-25-19-13-10-16-22-28-34-43-52-61(67)70-55-60(72-63(69)54-45-36-30-24-18-12-15-21-27-33-42-51-59(66)48-39-9-6-3)56-71-62(68)53-44-35-29-23-17-11-14-20-26-32-41-50-58(65)47-38-8-5-2/h10-15,25-27,31-33,40-42,49-51,57-60,64-66H,4-9,16-24,28-30,34-39,43-48,52-56H2,1-3H3/b13-10-,14-11-,15-12-,31-25-,32-26-,33-27-,49-40+,50-41+,51-42+. The van der Waals surface area contributed by atoms with E-state index in [1.165, 1.54) is 0 Å². The van der Waals surface area contributed by atoms with E-state index in [1.807, 2.05) is 54.7 Å². The summed E-state index contributed by atoms with van der Waals surface area (Å²) in [6, 6.07) is 0. The third-order valence-electron chi connectivity index (χ3n) is 12.0. The maximum absolute atomic E-state index is 12.9. The molecule has 3 atom stereocenters. The maximum Gasteiger partial charge on any atom is 0.306 e. The van der Waals surface area contributed by atoms with Gasteiger partial charge in [0.1, 0.15) is 13.2 Å². The van der Waals surface area contributed by atoms with Crippen LogP contribution in [0, 0.1) is 0 Å². The number of allylic oxidation sites excluding steroid dienone is 15. The van der Waals surface area contributed by atoms with Gasteiger partial charge in [-0.15, -0.1) is 0 Å². The van der Waals surface area contributed by atoms with Crippen LogP contribution in [0.15, 0.2) is 109 Å². The SMILES string of the molecule is CCCCCC(O)/C=C/C=C\C/C=C\CCCCCCC(=O)OCC(COC(=O)CCCCCC/C=C\C/C=C\C=C\C(O)CCCCC)OC(=O)CCCCCC/C=C\C/C=C\C=C\C(O)CCCCC. The Bertz CT molecular complexity index is 1460. The number of ether oxygens (including phenoxy) is 3. The Balaban J connectivity index is 4.63. The van der Waals surface area contributed by atoms with Crippen LogP contribution in [0.4, 0.5) is 0 Å². The predicted octanol–water partition coefficient (Wildman–Crippen LogP) is 16.0. The first-order valence-electron chi connectivity index (χ1n) is 28.7. The minimum atomic E-state index is -0.851. The van der Waals surface area contributed by atoms with Gasteiger partial charge in [0.2, 0.25) is 0 Å². The zero-order valence-corrected chi connectivity index (χ0v) is 45.7. The lowest BCUT2D eigenvalue weighted by Crippen LogP contribution is -2.30. The second-order valence-corrected chi connectivity index (χ2v) is 19.1. The summed E-state index contributed by atoms with van der Waals surface area (Å²) in [6.45, 7) is 6.19. The highest BCUT2D eigenvalue weighted by molar-refractivity contribution is 5.71. The van der Waals surface area contributed by atoms with Crippen LogP contribution in [0.5, 0.6) is 0 Å². The van der Waals surface area contributed by atoms with Gasteiger partial charge in [0, 0.05) is 19.3 Å². The van der Waals surface area contributed by atoms with E-state index in [2.05, 4.69) is 75.5 Å². The average Bonchev–Trinajstić information content (AvgIpc) is 3.36. The molecule has 3 N–H and O–H groups in total. The van der Waals surface area contributed by atoms with Gasteiger partial charge in [0.25, 0.3) is 0 Å². The molecule has 410 valence electrons. The first kappa shape index (κ1) is 68.0. The van der Waals surface area contributed by atoms with E-state index in [0.717, 1.165) is 173 Å². The molecule has 0 rings (SSSR count). The smallest absolute Gasteiger partial charge is 0.306 e. The summed E-state index contributed by atoms with van der Waals surface area (Å²) in [6.07, 6.45) is 64.4. The Morgan fingerprint density at radius 2 is 0.681 bits per heavy atom. The molecule has 0 aliphatic carbocycles. The summed E-state index contributed by atoms with van der Waals surface area (Å²) in [7, 11) is 0. The van der Waals surface area contributed by atoms with Gasteiger partial charge in [-0.05, 0) is 96.3 Å². The topological polar surface area (TPSA) is 140 Å². The highest BCUT2D eigenvalue weighted by Gasteiger charge is 2.19. The van der Waals surface area contributed by atoms with Crippen molar-refractivity contribution in [2.24, 2.45) is 0 Å². The minimum Gasteiger partial charge on any atom is -0.462 e. The third-order valence-corrected chi connectivity index (χ3v) is 12.0. The van der Waals surface area contributed by atoms with Crippen LogP contribution >= 0.6 is 0 Å². The molecule has 0 saturated heterocycles. The molecule has 0 aliphatic heterocycles. The summed E-state index contributed by atoms with van der Waals surface area (Å²) in [5.74, 6) is -1.08. The molecule has 0 radical (unpaired) electrons. The Labute approximate surface area is 439 Å². The average molecular weight is 1010 g/mol. The number of carbonyl (C=O) groups excluding carboxylic acids is 3. The van der Waals surface area contributed by atoms with E-state index in [1.54, 1.807) is 0 Å². The van der Waals surface area contributed by atoms with Crippen molar-refractivity contribution in [1.82, 2.24) is 0 Å². The van der Waals surface area contributed by atoms with Crippen LogP contribution < -0.4 is 0 Å². The Hall–Kier alpha value is -4.05. The molecule has 72 heavy (non-hydrogen) atoms. The van der Waals surface area contributed by atoms with E-state index in [0.29, 0.717) is 19.3 Å². The Kier molecular flexibility index (Phi) is 51.6. The lowest BCUT2D eigenvalue weighted by molar-refractivity contribution is -0.167. The molecule has 0 saturated carbocycles. The summed E-state index contributed by atoms with van der Waals surface area (Å²) < 4.78 is 16.7. The van der Waals surface area contributed by atoms with Gasteiger partial charge >= 0.3 is 17.9 Å². The van der Waals surface area contributed by atoms with Gasteiger partial charge in [-0.3, -0.25) is 14.4 Å². The van der Waals surface area contributed by atoms with Crippen LogP contribution in [-0.4, -0.2) is 70.9 Å². The molecule has 9 heteroatoms. The van der Waals surface area contributed by atoms with Crippen LogP contribution in [0.1, 0.15) is 233 Å². The number of hydrogen-bond donors (Lipinski definition) is 3. The van der Waals surface area contributed by atoms with E-state index < -0.39 is 6.10 Å². The number of carbonyl (C=O) groups is 3. The van der Waals surface area contributed by atoms with Crippen molar-refractivity contribution in [3.05, 3.63) is 109 Å².